The predicted octanol–water partition coefficient (Wildman–Crippen LogP) is 4.84. The zero-order valence-electron chi connectivity index (χ0n) is 16.6. The Bertz CT molecular complexity index is 1020. The zero-order chi connectivity index (χ0) is 21.3. The number of aryl methyl sites for hydroxylation is 1. The minimum absolute atomic E-state index is 0.0698. The third-order valence-corrected chi connectivity index (χ3v) is 5.30. The summed E-state index contributed by atoms with van der Waals surface area (Å²) >= 11 is 0. The highest BCUT2D eigenvalue weighted by molar-refractivity contribution is 5.76. The Morgan fingerprint density at radius 2 is 1.93 bits per heavy atom. The van der Waals surface area contributed by atoms with Gasteiger partial charge in [0.2, 0.25) is 5.91 Å². The number of hydrogen-bond donors (Lipinski definition) is 1. The predicted molar refractivity (Wildman–Crippen MR) is 106 cm³/mol. The Kier molecular flexibility index (Phi) is 5.40. The maximum absolute atomic E-state index is 13.0. The second kappa shape index (κ2) is 8.01. The van der Waals surface area contributed by atoms with Gasteiger partial charge in [0.25, 0.3) is 0 Å². The van der Waals surface area contributed by atoms with Gasteiger partial charge >= 0.3 is 6.18 Å². The second-order valence-corrected chi connectivity index (χ2v) is 7.67. The van der Waals surface area contributed by atoms with Gasteiger partial charge in [-0.05, 0) is 55.7 Å². The Balaban J connectivity index is 1.39. The molecule has 2 heterocycles. The fourth-order valence-corrected chi connectivity index (χ4v) is 3.52. The van der Waals surface area contributed by atoms with E-state index in [-0.39, 0.29) is 30.8 Å². The maximum atomic E-state index is 13.0. The SMILES string of the molecule is CC(NC(=O)CCn1nc(C(F)(F)F)cc1C1CC1)c1cccc(-n2cccc2)c1. The van der Waals surface area contributed by atoms with E-state index >= 15 is 0 Å². The molecular weight excluding hydrogens is 393 g/mol. The lowest BCUT2D eigenvalue weighted by Crippen LogP contribution is -2.28. The lowest BCUT2D eigenvalue weighted by Gasteiger charge is -2.16. The molecule has 0 bridgehead atoms. The van der Waals surface area contributed by atoms with E-state index in [0.717, 1.165) is 30.2 Å². The summed E-state index contributed by atoms with van der Waals surface area (Å²) in [5, 5.41) is 6.63. The van der Waals surface area contributed by atoms with Crippen LogP contribution in [-0.2, 0) is 17.5 Å². The Morgan fingerprint density at radius 3 is 2.60 bits per heavy atom. The number of hydrogen-bond acceptors (Lipinski definition) is 2. The van der Waals surface area contributed by atoms with Crippen molar-refractivity contribution < 1.29 is 18.0 Å². The number of amides is 1. The molecule has 5 nitrogen and oxygen atoms in total. The van der Waals surface area contributed by atoms with Crippen molar-refractivity contribution in [3.63, 3.8) is 0 Å². The molecule has 1 aliphatic carbocycles. The van der Waals surface area contributed by atoms with Gasteiger partial charge in [0.05, 0.1) is 6.04 Å². The molecule has 1 aromatic carbocycles. The first-order chi connectivity index (χ1) is 14.3. The number of benzene rings is 1. The summed E-state index contributed by atoms with van der Waals surface area (Å²) in [5.74, 6) is -0.105. The number of aromatic nitrogens is 3. The highest BCUT2D eigenvalue weighted by atomic mass is 19.4. The largest absolute Gasteiger partial charge is 0.435 e. The van der Waals surface area contributed by atoms with Crippen molar-refractivity contribution in [2.24, 2.45) is 0 Å². The van der Waals surface area contributed by atoms with Crippen LogP contribution in [0.2, 0.25) is 0 Å². The lowest BCUT2D eigenvalue weighted by atomic mass is 10.1. The van der Waals surface area contributed by atoms with Crippen LogP contribution in [-0.4, -0.2) is 20.3 Å². The number of nitrogens with one attached hydrogen (secondary N) is 1. The molecule has 1 aliphatic rings. The lowest BCUT2D eigenvalue weighted by molar-refractivity contribution is -0.141. The summed E-state index contributed by atoms with van der Waals surface area (Å²) < 4.78 is 42.3. The maximum Gasteiger partial charge on any atom is 0.435 e. The van der Waals surface area contributed by atoms with Gasteiger partial charge in [-0.3, -0.25) is 9.48 Å². The van der Waals surface area contributed by atoms with E-state index in [4.69, 9.17) is 0 Å². The molecular formula is C22H23F3N4O. The van der Waals surface area contributed by atoms with Crippen molar-refractivity contribution in [1.82, 2.24) is 19.7 Å². The number of carbonyl (C=O) groups is 1. The minimum Gasteiger partial charge on any atom is -0.350 e. The highest BCUT2D eigenvalue weighted by Gasteiger charge is 2.37. The first-order valence-corrected chi connectivity index (χ1v) is 9.99. The third kappa shape index (κ3) is 4.58. The molecule has 1 fully saturated rings. The normalized spacial score (nSPS) is 15.2. The van der Waals surface area contributed by atoms with E-state index < -0.39 is 11.9 Å². The molecule has 0 saturated heterocycles. The third-order valence-electron chi connectivity index (χ3n) is 5.30. The van der Waals surface area contributed by atoms with E-state index in [0.29, 0.717) is 5.69 Å². The standard InChI is InChI=1S/C22H23F3N4O/c1-15(17-5-4-6-18(13-17)28-10-2-3-11-28)26-21(30)9-12-29-19(16-7-8-16)14-20(27-29)22(23,24)25/h2-6,10-11,13-16H,7-9,12H2,1H3,(H,26,30). The van der Waals surface area contributed by atoms with Crippen LogP contribution < -0.4 is 5.32 Å². The van der Waals surface area contributed by atoms with Crippen LogP contribution >= 0.6 is 0 Å². The van der Waals surface area contributed by atoms with Crippen LogP contribution in [0.3, 0.4) is 0 Å². The highest BCUT2D eigenvalue weighted by Crippen LogP contribution is 2.42. The van der Waals surface area contributed by atoms with Crippen molar-refractivity contribution in [3.05, 3.63) is 71.8 Å². The van der Waals surface area contributed by atoms with Gasteiger partial charge < -0.3 is 9.88 Å². The van der Waals surface area contributed by atoms with Crippen LogP contribution in [0.5, 0.6) is 0 Å². The summed E-state index contributed by atoms with van der Waals surface area (Å²) in [4.78, 5) is 12.4. The average Bonchev–Trinajstić information content (AvgIpc) is 3.22. The molecule has 0 spiro atoms. The molecule has 158 valence electrons. The molecule has 4 rings (SSSR count). The quantitative estimate of drug-likeness (QED) is 0.599. The summed E-state index contributed by atoms with van der Waals surface area (Å²) in [6.45, 7) is 2.02. The Morgan fingerprint density at radius 1 is 1.20 bits per heavy atom. The van der Waals surface area contributed by atoms with Crippen LogP contribution in [0.25, 0.3) is 5.69 Å². The molecule has 1 atom stereocenters. The van der Waals surface area contributed by atoms with E-state index in [9.17, 15) is 18.0 Å². The smallest absolute Gasteiger partial charge is 0.350 e. The molecule has 1 amide bonds. The van der Waals surface area contributed by atoms with Crippen LogP contribution in [0.4, 0.5) is 13.2 Å². The van der Waals surface area contributed by atoms with Gasteiger partial charge in [-0.2, -0.15) is 18.3 Å². The molecule has 1 saturated carbocycles. The van der Waals surface area contributed by atoms with Crippen LogP contribution in [0.1, 0.15) is 55.1 Å². The summed E-state index contributed by atoms with van der Waals surface area (Å²) in [6, 6.07) is 12.6. The molecule has 0 radical (unpaired) electrons. The van der Waals surface area contributed by atoms with Crippen molar-refractivity contribution in [1.29, 1.82) is 0 Å². The van der Waals surface area contributed by atoms with Gasteiger partial charge in [0.15, 0.2) is 5.69 Å². The Hall–Kier alpha value is -3.03. The zero-order valence-corrected chi connectivity index (χ0v) is 16.6. The van der Waals surface area contributed by atoms with E-state index in [1.807, 2.05) is 60.3 Å². The fraction of sp³-hybridized carbons (Fsp3) is 0.364. The average molecular weight is 416 g/mol. The van der Waals surface area contributed by atoms with Crippen molar-refractivity contribution in [3.8, 4) is 5.69 Å². The van der Waals surface area contributed by atoms with Crippen LogP contribution in [0, 0.1) is 0 Å². The van der Waals surface area contributed by atoms with Gasteiger partial charge in [-0.25, -0.2) is 0 Å². The molecule has 1 unspecified atom stereocenters. The van der Waals surface area contributed by atoms with E-state index in [2.05, 4.69) is 10.4 Å². The Labute approximate surface area is 172 Å². The van der Waals surface area contributed by atoms with Gasteiger partial charge in [0.1, 0.15) is 0 Å². The number of halogens is 3. The second-order valence-electron chi connectivity index (χ2n) is 7.67. The monoisotopic (exact) mass is 416 g/mol. The fourth-order valence-electron chi connectivity index (χ4n) is 3.52. The van der Waals surface area contributed by atoms with E-state index in [1.165, 1.54) is 4.68 Å². The number of nitrogens with zero attached hydrogens (tertiary/aromatic N) is 3. The van der Waals surface area contributed by atoms with Crippen molar-refractivity contribution in [2.45, 2.75) is 50.9 Å². The summed E-state index contributed by atoms with van der Waals surface area (Å²) in [7, 11) is 0. The number of carbonyl (C=O) groups excluding carboxylic acids is 1. The summed E-state index contributed by atoms with van der Waals surface area (Å²) in [5.41, 5.74) is 1.62. The van der Waals surface area contributed by atoms with Crippen LogP contribution in [0.15, 0.2) is 54.9 Å². The van der Waals surface area contributed by atoms with E-state index in [1.54, 1.807) is 0 Å². The molecule has 0 aliphatic heterocycles. The first-order valence-electron chi connectivity index (χ1n) is 9.99. The van der Waals surface area contributed by atoms with Gasteiger partial charge in [-0.1, -0.05) is 12.1 Å². The molecule has 30 heavy (non-hydrogen) atoms. The molecule has 8 heteroatoms. The topological polar surface area (TPSA) is 51.9 Å². The van der Waals surface area contributed by atoms with Crippen molar-refractivity contribution >= 4 is 5.91 Å². The summed E-state index contributed by atoms with van der Waals surface area (Å²) in [6.07, 6.45) is 1.21. The molecule has 1 N–H and O–H groups in total. The minimum atomic E-state index is -4.48. The van der Waals surface area contributed by atoms with Gasteiger partial charge in [0, 0.05) is 42.7 Å². The number of rotatable bonds is 7. The number of alkyl halides is 3. The molecule has 2 aromatic heterocycles. The molecule has 3 aromatic rings. The van der Waals surface area contributed by atoms with Crippen molar-refractivity contribution in [2.75, 3.05) is 0 Å². The first kappa shape index (κ1) is 20.3. The van der Waals surface area contributed by atoms with Gasteiger partial charge in [-0.15, -0.1) is 0 Å².